The van der Waals surface area contributed by atoms with E-state index in [1.54, 1.807) is 17.4 Å². The van der Waals surface area contributed by atoms with Gasteiger partial charge in [-0.05, 0) is 48.7 Å². The summed E-state index contributed by atoms with van der Waals surface area (Å²) in [7, 11) is 0. The molecular formula is C14H15ClFNS. The molecule has 2 aromatic rings. The summed E-state index contributed by atoms with van der Waals surface area (Å²) in [6.45, 7) is 2.12. The molecule has 0 saturated carbocycles. The summed E-state index contributed by atoms with van der Waals surface area (Å²) in [6, 6.07) is 8.39. The molecular weight excluding hydrogens is 269 g/mol. The maximum atomic E-state index is 13.2. The molecule has 4 heteroatoms. The van der Waals surface area contributed by atoms with E-state index in [-0.39, 0.29) is 11.9 Å². The maximum Gasteiger partial charge on any atom is 0.123 e. The predicted octanol–water partition coefficient (Wildman–Crippen LogP) is 4.35. The first-order valence-electron chi connectivity index (χ1n) is 5.88. The van der Waals surface area contributed by atoms with Gasteiger partial charge in [-0.25, -0.2) is 4.39 Å². The molecule has 1 unspecified atom stereocenters. The first-order chi connectivity index (χ1) is 8.60. The molecule has 1 atom stereocenters. The van der Waals surface area contributed by atoms with E-state index in [1.165, 1.54) is 17.0 Å². The zero-order chi connectivity index (χ0) is 13.1. The number of hydrogen-bond acceptors (Lipinski definition) is 2. The van der Waals surface area contributed by atoms with E-state index in [1.807, 2.05) is 6.07 Å². The molecule has 0 radical (unpaired) electrons. The van der Waals surface area contributed by atoms with Crippen LogP contribution >= 0.6 is 22.9 Å². The van der Waals surface area contributed by atoms with Crippen LogP contribution in [0.2, 0.25) is 5.02 Å². The van der Waals surface area contributed by atoms with Gasteiger partial charge in [-0.2, -0.15) is 0 Å². The van der Waals surface area contributed by atoms with Crippen molar-refractivity contribution in [3.05, 3.63) is 56.5 Å². The third-order valence-corrected chi connectivity index (χ3v) is 4.57. The molecule has 1 nitrogen and oxygen atoms in total. The molecule has 1 heterocycles. The summed E-state index contributed by atoms with van der Waals surface area (Å²) >= 11 is 7.75. The Bertz CT molecular complexity index is 538. The van der Waals surface area contributed by atoms with Crippen LogP contribution in [0.3, 0.4) is 0 Å². The molecule has 0 aliphatic heterocycles. The molecule has 2 rings (SSSR count). The Labute approximate surface area is 115 Å². The fourth-order valence-electron chi connectivity index (χ4n) is 1.82. The quantitative estimate of drug-likeness (QED) is 0.887. The van der Waals surface area contributed by atoms with Gasteiger partial charge in [0.2, 0.25) is 0 Å². The standard InChI is InChI=1S/C14H15ClFNS/c1-2-11-4-6-14(18-11)13(17)8-9-7-10(16)3-5-12(9)15/h3-7,13H,2,8,17H2,1H3. The lowest BCUT2D eigenvalue weighted by Gasteiger charge is -2.11. The van der Waals surface area contributed by atoms with E-state index in [4.69, 9.17) is 17.3 Å². The summed E-state index contributed by atoms with van der Waals surface area (Å²) < 4.78 is 13.2. The van der Waals surface area contributed by atoms with Gasteiger partial charge in [-0.3, -0.25) is 0 Å². The van der Waals surface area contributed by atoms with Crippen molar-refractivity contribution in [2.24, 2.45) is 5.73 Å². The van der Waals surface area contributed by atoms with Crippen molar-refractivity contribution in [1.82, 2.24) is 0 Å². The highest BCUT2D eigenvalue weighted by molar-refractivity contribution is 7.12. The van der Waals surface area contributed by atoms with Gasteiger partial charge >= 0.3 is 0 Å². The lowest BCUT2D eigenvalue weighted by molar-refractivity contribution is 0.622. The molecule has 0 saturated heterocycles. The average Bonchev–Trinajstić information content (AvgIpc) is 2.82. The first-order valence-corrected chi connectivity index (χ1v) is 7.07. The third-order valence-electron chi connectivity index (χ3n) is 2.84. The lowest BCUT2D eigenvalue weighted by Crippen LogP contribution is -2.12. The van der Waals surface area contributed by atoms with Crippen LogP contribution in [0.1, 0.15) is 28.3 Å². The highest BCUT2D eigenvalue weighted by Gasteiger charge is 2.12. The monoisotopic (exact) mass is 283 g/mol. The number of aryl methyl sites for hydroxylation is 1. The maximum absolute atomic E-state index is 13.2. The molecule has 0 spiro atoms. The van der Waals surface area contributed by atoms with E-state index in [0.29, 0.717) is 11.4 Å². The second-order valence-corrected chi connectivity index (χ2v) is 5.81. The first kappa shape index (κ1) is 13.5. The Morgan fingerprint density at radius 3 is 2.78 bits per heavy atom. The summed E-state index contributed by atoms with van der Waals surface area (Å²) in [6.07, 6.45) is 1.57. The SMILES string of the molecule is CCc1ccc(C(N)Cc2cc(F)ccc2Cl)s1. The van der Waals surface area contributed by atoms with Crippen LogP contribution in [0.5, 0.6) is 0 Å². The number of benzene rings is 1. The van der Waals surface area contributed by atoms with E-state index in [2.05, 4.69) is 13.0 Å². The second kappa shape index (κ2) is 5.83. The van der Waals surface area contributed by atoms with Crippen molar-refractivity contribution in [3.63, 3.8) is 0 Å². The number of rotatable bonds is 4. The van der Waals surface area contributed by atoms with Crippen molar-refractivity contribution >= 4 is 22.9 Å². The van der Waals surface area contributed by atoms with Crippen LogP contribution in [0.25, 0.3) is 0 Å². The minimum Gasteiger partial charge on any atom is -0.323 e. The van der Waals surface area contributed by atoms with E-state index < -0.39 is 0 Å². The largest absolute Gasteiger partial charge is 0.323 e. The number of halogens is 2. The molecule has 1 aromatic carbocycles. The highest BCUT2D eigenvalue weighted by atomic mass is 35.5. The molecule has 1 aromatic heterocycles. The smallest absolute Gasteiger partial charge is 0.123 e. The fourth-order valence-corrected chi connectivity index (χ4v) is 2.97. The Kier molecular flexibility index (Phi) is 4.38. The van der Waals surface area contributed by atoms with Gasteiger partial charge in [-0.15, -0.1) is 11.3 Å². The van der Waals surface area contributed by atoms with Gasteiger partial charge in [0.25, 0.3) is 0 Å². The highest BCUT2D eigenvalue weighted by Crippen LogP contribution is 2.27. The zero-order valence-corrected chi connectivity index (χ0v) is 11.7. The predicted molar refractivity (Wildman–Crippen MR) is 75.7 cm³/mol. The average molecular weight is 284 g/mol. The molecule has 0 fully saturated rings. The van der Waals surface area contributed by atoms with Crippen LogP contribution in [0.4, 0.5) is 4.39 Å². The van der Waals surface area contributed by atoms with Crippen molar-refractivity contribution in [2.45, 2.75) is 25.8 Å². The normalized spacial score (nSPS) is 12.7. The van der Waals surface area contributed by atoms with Gasteiger partial charge in [0.15, 0.2) is 0 Å². The molecule has 0 bridgehead atoms. The molecule has 0 aliphatic carbocycles. The van der Waals surface area contributed by atoms with Crippen LogP contribution in [0.15, 0.2) is 30.3 Å². The Morgan fingerprint density at radius 2 is 2.11 bits per heavy atom. The molecule has 0 aliphatic rings. The van der Waals surface area contributed by atoms with Crippen LogP contribution in [-0.2, 0) is 12.8 Å². The Morgan fingerprint density at radius 1 is 1.33 bits per heavy atom. The lowest BCUT2D eigenvalue weighted by atomic mass is 10.1. The van der Waals surface area contributed by atoms with Gasteiger partial charge in [-0.1, -0.05) is 18.5 Å². The van der Waals surface area contributed by atoms with Crippen LogP contribution in [0, 0.1) is 5.82 Å². The number of nitrogens with two attached hydrogens (primary N) is 1. The fraction of sp³-hybridized carbons (Fsp3) is 0.286. The van der Waals surface area contributed by atoms with Gasteiger partial charge in [0.1, 0.15) is 5.82 Å². The summed E-state index contributed by atoms with van der Waals surface area (Å²) in [5.41, 5.74) is 6.90. The van der Waals surface area contributed by atoms with E-state index >= 15 is 0 Å². The summed E-state index contributed by atoms with van der Waals surface area (Å²) in [4.78, 5) is 2.43. The molecule has 0 amide bonds. The van der Waals surface area contributed by atoms with Crippen molar-refractivity contribution in [2.75, 3.05) is 0 Å². The number of thiophene rings is 1. The second-order valence-electron chi connectivity index (χ2n) is 4.20. The van der Waals surface area contributed by atoms with Gasteiger partial charge in [0.05, 0.1) is 0 Å². The Hall–Kier alpha value is -0.900. The van der Waals surface area contributed by atoms with E-state index in [0.717, 1.165) is 16.9 Å². The van der Waals surface area contributed by atoms with Gasteiger partial charge < -0.3 is 5.73 Å². The summed E-state index contributed by atoms with van der Waals surface area (Å²) in [5, 5.41) is 0.569. The summed E-state index contributed by atoms with van der Waals surface area (Å²) in [5.74, 6) is -0.276. The van der Waals surface area contributed by atoms with Crippen LogP contribution in [-0.4, -0.2) is 0 Å². The minimum absolute atomic E-state index is 0.130. The zero-order valence-electron chi connectivity index (χ0n) is 10.1. The molecule has 96 valence electrons. The van der Waals surface area contributed by atoms with Crippen LogP contribution < -0.4 is 5.73 Å². The van der Waals surface area contributed by atoms with Crippen molar-refractivity contribution in [1.29, 1.82) is 0 Å². The molecule has 18 heavy (non-hydrogen) atoms. The minimum atomic E-state index is -0.276. The number of hydrogen-bond donors (Lipinski definition) is 1. The third kappa shape index (κ3) is 3.10. The molecule has 2 N–H and O–H groups in total. The van der Waals surface area contributed by atoms with Crippen molar-refractivity contribution in [3.8, 4) is 0 Å². The van der Waals surface area contributed by atoms with Crippen molar-refractivity contribution < 1.29 is 4.39 Å². The Balaban J connectivity index is 2.15. The van der Waals surface area contributed by atoms with Gasteiger partial charge in [0, 0.05) is 20.8 Å². The van der Waals surface area contributed by atoms with E-state index in [9.17, 15) is 4.39 Å². The topological polar surface area (TPSA) is 26.0 Å².